The van der Waals surface area contributed by atoms with Crippen LogP contribution >= 0.6 is 0 Å². The molecule has 1 saturated carbocycles. The van der Waals surface area contributed by atoms with Crippen molar-refractivity contribution in [3.8, 4) is 0 Å². The number of pyridine rings is 1. The molecule has 5 heteroatoms. The number of aryl methyl sites for hydroxylation is 2. The van der Waals surface area contributed by atoms with Crippen molar-refractivity contribution >= 4 is 11.8 Å². The van der Waals surface area contributed by atoms with E-state index in [1.165, 1.54) is 6.42 Å². The molecule has 0 spiro atoms. The summed E-state index contributed by atoms with van der Waals surface area (Å²) in [5.74, 6) is -0.0809. The van der Waals surface area contributed by atoms with Gasteiger partial charge in [0.05, 0.1) is 0 Å². The Morgan fingerprint density at radius 1 is 1.07 bits per heavy atom. The van der Waals surface area contributed by atoms with Crippen LogP contribution in [0.5, 0.6) is 0 Å². The minimum atomic E-state index is -0.492. The topological polar surface area (TPSA) is 71.1 Å². The number of carbonyl (C=O) groups excluding carboxylic acids is 2. The quantitative estimate of drug-likeness (QED) is 0.753. The van der Waals surface area contributed by atoms with Gasteiger partial charge < -0.3 is 10.6 Å². The fourth-order valence-electron chi connectivity index (χ4n) is 3.94. The summed E-state index contributed by atoms with van der Waals surface area (Å²) in [6, 6.07) is 10.9. The molecule has 5 nitrogen and oxygen atoms in total. The first-order chi connectivity index (χ1) is 14.0. The molecule has 1 atom stereocenters. The van der Waals surface area contributed by atoms with Crippen LogP contribution in [-0.2, 0) is 11.2 Å². The molecule has 154 valence electrons. The molecular formula is C24H31N3O2. The maximum absolute atomic E-state index is 13.0. The maximum Gasteiger partial charge on any atom is 0.251 e. The average Bonchev–Trinajstić information content (AvgIpc) is 2.75. The predicted octanol–water partition coefficient (Wildman–Crippen LogP) is 3.74. The first-order valence-corrected chi connectivity index (χ1v) is 10.6. The molecule has 1 fully saturated rings. The van der Waals surface area contributed by atoms with E-state index in [1.807, 2.05) is 50.2 Å². The van der Waals surface area contributed by atoms with Crippen LogP contribution in [0.3, 0.4) is 0 Å². The van der Waals surface area contributed by atoms with Gasteiger partial charge in [0, 0.05) is 30.4 Å². The van der Waals surface area contributed by atoms with Gasteiger partial charge in [-0.3, -0.25) is 14.6 Å². The lowest BCUT2D eigenvalue weighted by Gasteiger charge is -2.30. The Balaban J connectivity index is 1.65. The summed E-state index contributed by atoms with van der Waals surface area (Å²) in [4.78, 5) is 30.1. The third kappa shape index (κ3) is 5.89. The van der Waals surface area contributed by atoms with E-state index in [9.17, 15) is 9.59 Å². The highest BCUT2D eigenvalue weighted by Crippen LogP contribution is 2.27. The van der Waals surface area contributed by atoms with E-state index in [-0.39, 0.29) is 17.7 Å². The van der Waals surface area contributed by atoms with E-state index in [0.717, 1.165) is 42.5 Å². The zero-order valence-electron chi connectivity index (χ0n) is 17.4. The van der Waals surface area contributed by atoms with Crippen LogP contribution in [0.2, 0.25) is 0 Å². The first-order valence-electron chi connectivity index (χ1n) is 10.6. The SMILES string of the molecule is Cc1ccc(C(=O)N[C@@H](C(=O)NCCc2ccccn2)C2CCCCC2)cc1C. The normalized spacial score (nSPS) is 15.5. The van der Waals surface area contributed by atoms with Gasteiger partial charge in [-0.15, -0.1) is 0 Å². The van der Waals surface area contributed by atoms with E-state index >= 15 is 0 Å². The Bertz CT molecular complexity index is 829. The summed E-state index contributed by atoms with van der Waals surface area (Å²) in [5.41, 5.74) is 3.78. The molecule has 0 radical (unpaired) electrons. The van der Waals surface area contributed by atoms with Crippen molar-refractivity contribution < 1.29 is 9.59 Å². The number of benzene rings is 1. The summed E-state index contributed by atoms with van der Waals surface area (Å²) in [6.07, 6.45) is 7.82. The first kappa shape index (κ1) is 21.0. The van der Waals surface area contributed by atoms with Crippen molar-refractivity contribution in [1.82, 2.24) is 15.6 Å². The van der Waals surface area contributed by atoms with Gasteiger partial charge in [0.1, 0.15) is 6.04 Å². The molecule has 2 N–H and O–H groups in total. The lowest BCUT2D eigenvalue weighted by atomic mass is 9.83. The smallest absolute Gasteiger partial charge is 0.251 e. The van der Waals surface area contributed by atoms with Crippen molar-refractivity contribution in [3.63, 3.8) is 0 Å². The van der Waals surface area contributed by atoms with E-state index in [2.05, 4.69) is 15.6 Å². The second kappa shape index (κ2) is 10.2. The van der Waals surface area contributed by atoms with Gasteiger partial charge in [-0.25, -0.2) is 0 Å². The van der Waals surface area contributed by atoms with Gasteiger partial charge in [0.25, 0.3) is 5.91 Å². The number of amides is 2. The maximum atomic E-state index is 13.0. The standard InChI is InChI=1S/C24H31N3O2/c1-17-11-12-20(16-18(17)2)23(28)27-22(19-8-4-3-5-9-19)24(29)26-15-13-21-10-6-7-14-25-21/h6-7,10-12,14,16,19,22H,3-5,8-9,13,15H2,1-2H3,(H,26,29)(H,27,28)/t22-/m1/s1. The molecule has 0 aliphatic heterocycles. The molecule has 29 heavy (non-hydrogen) atoms. The predicted molar refractivity (Wildman–Crippen MR) is 115 cm³/mol. The lowest BCUT2D eigenvalue weighted by Crippen LogP contribution is -2.51. The summed E-state index contributed by atoms with van der Waals surface area (Å²) < 4.78 is 0. The third-order valence-electron chi connectivity index (χ3n) is 5.87. The zero-order valence-corrected chi connectivity index (χ0v) is 17.4. The van der Waals surface area contributed by atoms with Crippen LogP contribution < -0.4 is 10.6 Å². The van der Waals surface area contributed by atoms with Crippen molar-refractivity contribution in [2.45, 2.75) is 58.4 Å². The molecular weight excluding hydrogens is 362 g/mol. The third-order valence-corrected chi connectivity index (χ3v) is 5.87. The van der Waals surface area contributed by atoms with E-state index in [0.29, 0.717) is 18.5 Å². The van der Waals surface area contributed by atoms with Crippen molar-refractivity contribution in [1.29, 1.82) is 0 Å². The minimum Gasteiger partial charge on any atom is -0.354 e. The molecule has 1 aromatic carbocycles. The van der Waals surface area contributed by atoms with E-state index < -0.39 is 6.04 Å². The second-order valence-electron chi connectivity index (χ2n) is 8.01. The van der Waals surface area contributed by atoms with E-state index in [1.54, 1.807) is 6.20 Å². The van der Waals surface area contributed by atoms with Gasteiger partial charge in [-0.2, -0.15) is 0 Å². The van der Waals surface area contributed by atoms with Crippen molar-refractivity contribution in [3.05, 3.63) is 65.0 Å². The monoisotopic (exact) mass is 393 g/mol. The molecule has 1 aromatic heterocycles. The highest BCUT2D eigenvalue weighted by molar-refractivity contribution is 5.97. The van der Waals surface area contributed by atoms with Gasteiger partial charge in [0.2, 0.25) is 5.91 Å². The van der Waals surface area contributed by atoms with Crippen LogP contribution in [0, 0.1) is 19.8 Å². The highest BCUT2D eigenvalue weighted by atomic mass is 16.2. The Hall–Kier alpha value is -2.69. The number of nitrogens with zero attached hydrogens (tertiary/aromatic N) is 1. The molecule has 1 aliphatic carbocycles. The number of hydrogen-bond acceptors (Lipinski definition) is 3. The van der Waals surface area contributed by atoms with Gasteiger partial charge in [-0.1, -0.05) is 31.4 Å². The van der Waals surface area contributed by atoms with Gasteiger partial charge in [0.15, 0.2) is 0 Å². The largest absolute Gasteiger partial charge is 0.354 e. The number of nitrogens with one attached hydrogen (secondary N) is 2. The summed E-state index contributed by atoms with van der Waals surface area (Å²) in [5, 5.41) is 6.04. The fraction of sp³-hybridized carbons (Fsp3) is 0.458. The van der Waals surface area contributed by atoms with Crippen molar-refractivity contribution in [2.24, 2.45) is 5.92 Å². The molecule has 0 unspecified atom stereocenters. The molecule has 2 amide bonds. The summed E-state index contributed by atoms with van der Waals surface area (Å²) in [7, 11) is 0. The number of hydrogen-bond donors (Lipinski definition) is 2. The molecule has 2 aromatic rings. The molecule has 1 heterocycles. The molecule has 1 aliphatic rings. The zero-order chi connectivity index (χ0) is 20.6. The number of carbonyl (C=O) groups is 2. The summed E-state index contributed by atoms with van der Waals surface area (Å²) in [6.45, 7) is 4.53. The Morgan fingerprint density at radius 3 is 2.55 bits per heavy atom. The van der Waals surface area contributed by atoms with Crippen LogP contribution in [0.1, 0.15) is 59.3 Å². The van der Waals surface area contributed by atoms with Crippen LogP contribution in [0.4, 0.5) is 0 Å². The fourth-order valence-corrected chi connectivity index (χ4v) is 3.94. The number of aromatic nitrogens is 1. The van der Waals surface area contributed by atoms with Crippen molar-refractivity contribution in [2.75, 3.05) is 6.54 Å². The molecule has 3 rings (SSSR count). The van der Waals surface area contributed by atoms with Gasteiger partial charge >= 0.3 is 0 Å². The highest BCUT2D eigenvalue weighted by Gasteiger charge is 2.31. The average molecular weight is 394 g/mol. The Kier molecular flexibility index (Phi) is 7.39. The Morgan fingerprint density at radius 2 is 1.86 bits per heavy atom. The minimum absolute atomic E-state index is 0.0926. The molecule has 0 bridgehead atoms. The van der Waals surface area contributed by atoms with Crippen LogP contribution in [0.25, 0.3) is 0 Å². The number of rotatable bonds is 7. The Labute approximate surface area is 173 Å². The molecule has 0 saturated heterocycles. The van der Waals surface area contributed by atoms with E-state index in [4.69, 9.17) is 0 Å². The van der Waals surface area contributed by atoms with Crippen LogP contribution in [0.15, 0.2) is 42.6 Å². The second-order valence-corrected chi connectivity index (χ2v) is 8.01. The van der Waals surface area contributed by atoms with Crippen LogP contribution in [-0.4, -0.2) is 29.4 Å². The summed E-state index contributed by atoms with van der Waals surface area (Å²) >= 11 is 0. The van der Waals surface area contributed by atoms with Gasteiger partial charge in [-0.05, 0) is 68.0 Å². The lowest BCUT2D eigenvalue weighted by molar-refractivity contribution is -0.124.